The molecule has 148 valence electrons. The Bertz CT molecular complexity index is 846. The highest BCUT2D eigenvalue weighted by atomic mass is 16.5. The minimum Gasteiger partial charge on any atom is -0.482 e. The van der Waals surface area contributed by atoms with Gasteiger partial charge in [0.1, 0.15) is 5.75 Å². The molecule has 0 spiro atoms. The number of aliphatic carboxylic acids is 1. The maximum Gasteiger partial charge on any atom is 0.341 e. The maximum absolute atomic E-state index is 10.7. The number of benzene rings is 2. The molecule has 0 saturated heterocycles. The number of rotatable bonds is 5. The summed E-state index contributed by atoms with van der Waals surface area (Å²) >= 11 is 0. The Labute approximate surface area is 167 Å². The molecule has 4 nitrogen and oxygen atoms in total. The van der Waals surface area contributed by atoms with Crippen LogP contribution < -0.4 is 10.5 Å². The number of ether oxygens (including phenoxy) is 1. The van der Waals surface area contributed by atoms with E-state index in [1.54, 1.807) is 0 Å². The predicted molar refractivity (Wildman–Crippen MR) is 112 cm³/mol. The zero-order valence-corrected chi connectivity index (χ0v) is 16.9. The summed E-state index contributed by atoms with van der Waals surface area (Å²) in [5.41, 5.74) is 11.4. The van der Waals surface area contributed by atoms with Gasteiger partial charge in [0.25, 0.3) is 0 Å². The molecule has 4 heteroatoms. The molecule has 0 aromatic heterocycles. The third-order valence-electron chi connectivity index (χ3n) is 5.11. The largest absolute Gasteiger partial charge is 0.482 e. The van der Waals surface area contributed by atoms with Crippen molar-refractivity contribution in [1.82, 2.24) is 0 Å². The molecule has 0 radical (unpaired) electrons. The second-order valence-electron chi connectivity index (χ2n) is 8.90. The second-order valence-corrected chi connectivity index (χ2v) is 8.90. The highest BCUT2D eigenvalue weighted by molar-refractivity contribution is 5.82. The lowest BCUT2D eigenvalue weighted by molar-refractivity contribution is -0.139. The van der Waals surface area contributed by atoms with E-state index in [-0.39, 0.29) is 17.6 Å². The number of carboxylic acid groups (broad SMARTS) is 1. The standard InChI is InChI=1S/C24H29NO3/c1-23(2)13-19(14-24(3,25)16-23)22(17-7-5-4-6-8-17)18-9-11-20(12-10-18)28-15-21(26)27/h4-12H,13-16,25H2,1-3H3,(H,26,27)/b22-19+. The summed E-state index contributed by atoms with van der Waals surface area (Å²) in [5.74, 6) is -0.431. The van der Waals surface area contributed by atoms with Crippen molar-refractivity contribution in [1.29, 1.82) is 0 Å². The Morgan fingerprint density at radius 1 is 1.00 bits per heavy atom. The Morgan fingerprint density at radius 2 is 1.61 bits per heavy atom. The molecule has 28 heavy (non-hydrogen) atoms. The van der Waals surface area contributed by atoms with Gasteiger partial charge >= 0.3 is 5.97 Å². The Balaban J connectivity index is 2.05. The molecule has 1 aliphatic rings. The number of nitrogens with two attached hydrogens (primary N) is 1. The van der Waals surface area contributed by atoms with Crippen LogP contribution in [0.25, 0.3) is 5.57 Å². The molecular weight excluding hydrogens is 350 g/mol. The van der Waals surface area contributed by atoms with E-state index < -0.39 is 5.97 Å². The van der Waals surface area contributed by atoms with Crippen molar-refractivity contribution in [3.8, 4) is 5.75 Å². The zero-order chi connectivity index (χ0) is 20.4. The zero-order valence-electron chi connectivity index (χ0n) is 16.9. The first-order valence-electron chi connectivity index (χ1n) is 9.67. The van der Waals surface area contributed by atoms with Crippen molar-refractivity contribution in [2.45, 2.75) is 45.6 Å². The van der Waals surface area contributed by atoms with Gasteiger partial charge in [-0.1, -0.05) is 61.9 Å². The van der Waals surface area contributed by atoms with Crippen molar-refractivity contribution in [2.24, 2.45) is 11.1 Å². The smallest absolute Gasteiger partial charge is 0.341 e. The lowest BCUT2D eigenvalue weighted by Crippen LogP contribution is -2.45. The van der Waals surface area contributed by atoms with Crippen molar-refractivity contribution in [2.75, 3.05) is 6.61 Å². The molecular formula is C24H29NO3. The fourth-order valence-corrected chi connectivity index (χ4v) is 4.57. The van der Waals surface area contributed by atoms with Gasteiger partial charge in [-0.2, -0.15) is 0 Å². The molecule has 1 aliphatic carbocycles. The lowest BCUT2D eigenvalue weighted by atomic mass is 9.65. The molecule has 0 bridgehead atoms. The van der Waals surface area contributed by atoms with E-state index in [1.165, 1.54) is 16.7 Å². The van der Waals surface area contributed by atoms with Gasteiger partial charge in [0.05, 0.1) is 0 Å². The number of carbonyl (C=O) groups is 1. The lowest BCUT2D eigenvalue weighted by Gasteiger charge is -2.43. The van der Waals surface area contributed by atoms with Gasteiger partial charge in [-0.15, -0.1) is 0 Å². The third kappa shape index (κ3) is 5.02. The first-order valence-corrected chi connectivity index (χ1v) is 9.67. The molecule has 1 unspecified atom stereocenters. The van der Waals surface area contributed by atoms with Crippen molar-refractivity contribution < 1.29 is 14.6 Å². The van der Waals surface area contributed by atoms with Crippen LogP contribution in [0.3, 0.4) is 0 Å². The van der Waals surface area contributed by atoms with Crippen LogP contribution in [-0.4, -0.2) is 23.2 Å². The molecule has 1 saturated carbocycles. The molecule has 0 aliphatic heterocycles. The topological polar surface area (TPSA) is 72.5 Å². The molecule has 1 atom stereocenters. The quantitative estimate of drug-likeness (QED) is 0.777. The minimum absolute atomic E-state index is 0.141. The van der Waals surface area contributed by atoms with Gasteiger partial charge in [-0.25, -0.2) is 4.79 Å². The minimum atomic E-state index is -0.983. The second kappa shape index (κ2) is 7.80. The van der Waals surface area contributed by atoms with Gasteiger partial charge in [-0.3, -0.25) is 0 Å². The Kier molecular flexibility index (Phi) is 5.61. The SMILES string of the molecule is CC1(C)C/C(=C(/c2ccccc2)c2ccc(OCC(=O)O)cc2)CC(C)(N)C1. The van der Waals surface area contributed by atoms with E-state index in [9.17, 15) is 4.79 Å². The summed E-state index contributed by atoms with van der Waals surface area (Å²) in [4.78, 5) is 10.7. The molecule has 0 heterocycles. The van der Waals surface area contributed by atoms with Gasteiger partial charge in [0, 0.05) is 5.54 Å². The van der Waals surface area contributed by atoms with Crippen LogP contribution in [0.4, 0.5) is 0 Å². The summed E-state index contributed by atoms with van der Waals surface area (Å²) in [6.45, 7) is 6.36. The van der Waals surface area contributed by atoms with Gasteiger partial charge < -0.3 is 15.6 Å². The summed E-state index contributed by atoms with van der Waals surface area (Å²) in [5, 5.41) is 8.79. The van der Waals surface area contributed by atoms with Crippen LogP contribution in [0.15, 0.2) is 60.2 Å². The van der Waals surface area contributed by atoms with Crippen molar-refractivity contribution in [3.63, 3.8) is 0 Å². The monoisotopic (exact) mass is 379 g/mol. The van der Waals surface area contributed by atoms with Crippen LogP contribution >= 0.6 is 0 Å². The average molecular weight is 380 g/mol. The van der Waals surface area contributed by atoms with E-state index in [0.717, 1.165) is 24.8 Å². The normalized spacial score (nSPS) is 23.1. The van der Waals surface area contributed by atoms with Gasteiger partial charge in [-0.05, 0) is 60.4 Å². The first-order chi connectivity index (χ1) is 13.2. The summed E-state index contributed by atoms with van der Waals surface area (Å²) in [6, 6.07) is 18.1. The van der Waals surface area contributed by atoms with Crippen LogP contribution in [0, 0.1) is 5.41 Å². The molecule has 3 rings (SSSR count). The molecule has 2 aromatic carbocycles. The Morgan fingerprint density at radius 3 is 2.18 bits per heavy atom. The van der Waals surface area contributed by atoms with Gasteiger partial charge in [0.2, 0.25) is 0 Å². The summed E-state index contributed by atoms with van der Waals surface area (Å²) in [7, 11) is 0. The molecule has 0 amide bonds. The van der Waals surface area contributed by atoms with Crippen molar-refractivity contribution in [3.05, 3.63) is 71.3 Å². The highest BCUT2D eigenvalue weighted by Crippen LogP contribution is 2.46. The van der Waals surface area contributed by atoms with E-state index in [0.29, 0.717) is 5.75 Å². The fourth-order valence-electron chi connectivity index (χ4n) is 4.57. The highest BCUT2D eigenvalue weighted by Gasteiger charge is 2.37. The van der Waals surface area contributed by atoms with Crippen LogP contribution in [0.2, 0.25) is 0 Å². The van der Waals surface area contributed by atoms with Crippen LogP contribution in [0.1, 0.15) is 51.2 Å². The molecule has 1 fully saturated rings. The molecule has 3 N–H and O–H groups in total. The fraction of sp³-hybridized carbons (Fsp3) is 0.375. The number of hydrogen-bond donors (Lipinski definition) is 2. The average Bonchev–Trinajstić information content (AvgIpc) is 2.59. The third-order valence-corrected chi connectivity index (χ3v) is 5.11. The van der Waals surface area contributed by atoms with E-state index in [1.807, 2.05) is 30.3 Å². The maximum atomic E-state index is 10.7. The first kappa shape index (κ1) is 20.2. The molecule has 2 aromatic rings. The van der Waals surface area contributed by atoms with Crippen molar-refractivity contribution >= 4 is 11.5 Å². The summed E-state index contributed by atoms with van der Waals surface area (Å²) in [6.07, 6.45) is 2.85. The summed E-state index contributed by atoms with van der Waals surface area (Å²) < 4.78 is 5.28. The van der Waals surface area contributed by atoms with E-state index in [2.05, 4.69) is 45.0 Å². The Hall–Kier alpha value is -2.59. The van der Waals surface area contributed by atoms with Crippen LogP contribution in [-0.2, 0) is 4.79 Å². The van der Waals surface area contributed by atoms with E-state index >= 15 is 0 Å². The van der Waals surface area contributed by atoms with Crippen LogP contribution in [0.5, 0.6) is 5.75 Å². The number of hydrogen-bond acceptors (Lipinski definition) is 3. The predicted octanol–water partition coefficient (Wildman–Crippen LogP) is 4.88. The van der Waals surface area contributed by atoms with Gasteiger partial charge in [0.15, 0.2) is 6.61 Å². The number of carboxylic acids is 1. The van der Waals surface area contributed by atoms with E-state index in [4.69, 9.17) is 15.6 Å².